The van der Waals surface area contributed by atoms with Gasteiger partial charge in [-0.1, -0.05) is 17.7 Å². The van der Waals surface area contributed by atoms with E-state index in [9.17, 15) is 18.0 Å². The summed E-state index contributed by atoms with van der Waals surface area (Å²) in [6.07, 6.45) is 3.41. The van der Waals surface area contributed by atoms with Gasteiger partial charge in [0.1, 0.15) is 0 Å². The number of carbonyl (C=O) groups is 2. The van der Waals surface area contributed by atoms with Crippen LogP contribution in [0.4, 0.5) is 11.4 Å². The molecule has 0 spiro atoms. The molecule has 0 radical (unpaired) electrons. The average molecular weight is 481 g/mol. The molecule has 2 amide bonds. The summed E-state index contributed by atoms with van der Waals surface area (Å²) in [5, 5.41) is 5.60. The van der Waals surface area contributed by atoms with Crippen molar-refractivity contribution in [2.24, 2.45) is 0 Å². The lowest BCUT2D eigenvalue weighted by molar-refractivity contribution is -0.117. The maximum absolute atomic E-state index is 12.5. The first kappa shape index (κ1) is 24.2. The number of amides is 2. The lowest BCUT2D eigenvalue weighted by Crippen LogP contribution is -2.18. The molecule has 1 fully saturated rings. The van der Waals surface area contributed by atoms with E-state index in [0.717, 1.165) is 25.7 Å². The van der Waals surface area contributed by atoms with Crippen molar-refractivity contribution in [2.45, 2.75) is 30.3 Å². The molecule has 1 atom stereocenters. The van der Waals surface area contributed by atoms with E-state index in [0.29, 0.717) is 24.6 Å². The van der Waals surface area contributed by atoms with Crippen LogP contribution in [0.3, 0.4) is 0 Å². The van der Waals surface area contributed by atoms with Gasteiger partial charge in [-0.05, 0) is 49.2 Å². The van der Waals surface area contributed by atoms with E-state index in [2.05, 4.69) is 10.6 Å². The zero-order valence-electron chi connectivity index (χ0n) is 17.6. The van der Waals surface area contributed by atoms with Gasteiger partial charge in [-0.3, -0.25) is 9.59 Å². The predicted octanol–water partition coefficient (Wildman–Crippen LogP) is 3.52. The smallest absolute Gasteiger partial charge is 0.255 e. The Bertz CT molecular complexity index is 1080. The highest BCUT2D eigenvalue weighted by atomic mass is 35.5. The van der Waals surface area contributed by atoms with Gasteiger partial charge in [0.15, 0.2) is 9.84 Å². The Morgan fingerprint density at radius 1 is 1.19 bits per heavy atom. The number of nitrogens with one attached hydrogen (secondary N) is 2. The van der Waals surface area contributed by atoms with Crippen molar-refractivity contribution in [1.29, 1.82) is 0 Å². The normalized spacial score (nSPS) is 16.0. The van der Waals surface area contributed by atoms with Crippen molar-refractivity contribution in [3.8, 4) is 0 Å². The van der Waals surface area contributed by atoms with E-state index in [1.165, 1.54) is 30.3 Å². The highest BCUT2D eigenvalue weighted by Crippen LogP contribution is 2.26. The molecule has 1 unspecified atom stereocenters. The minimum absolute atomic E-state index is 0.0501. The molecule has 1 aliphatic rings. The van der Waals surface area contributed by atoms with Gasteiger partial charge in [-0.15, -0.1) is 0 Å². The second kappa shape index (κ2) is 10.9. The third-order valence-corrected chi connectivity index (χ3v) is 6.25. The standard InChI is InChI=1S/C22H25ClN2O6S/c1-32(28,29)18-6-2-4-15(12-18)22(27)25-20-8-7-16(13-19(20)23)24-21(26)9-11-30-14-17-5-3-10-31-17/h2,4,6-8,12-13,17H,3,5,9-11,14H2,1H3,(H,24,26)(H,25,27). The van der Waals surface area contributed by atoms with Gasteiger partial charge in [0.05, 0.1) is 41.3 Å². The van der Waals surface area contributed by atoms with E-state index in [4.69, 9.17) is 21.1 Å². The lowest BCUT2D eigenvalue weighted by Gasteiger charge is -2.12. The van der Waals surface area contributed by atoms with E-state index in [-0.39, 0.29) is 33.9 Å². The highest BCUT2D eigenvalue weighted by molar-refractivity contribution is 7.90. The first-order chi connectivity index (χ1) is 15.2. The van der Waals surface area contributed by atoms with Crippen LogP contribution in [0.15, 0.2) is 47.4 Å². The number of anilines is 2. The zero-order valence-corrected chi connectivity index (χ0v) is 19.2. The number of hydrogen-bond donors (Lipinski definition) is 2. The van der Waals surface area contributed by atoms with Crippen LogP contribution in [0.25, 0.3) is 0 Å². The van der Waals surface area contributed by atoms with Gasteiger partial charge >= 0.3 is 0 Å². The van der Waals surface area contributed by atoms with Crippen molar-refractivity contribution in [1.82, 2.24) is 0 Å². The third-order valence-electron chi connectivity index (χ3n) is 4.83. The highest BCUT2D eigenvalue weighted by Gasteiger charge is 2.16. The minimum atomic E-state index is -3.43. The third kappa shape index (κ3) is 7.03. The van der Waals surface area contributed by atoms with Gasteiger partial charge in [0.2, 0.25) is 5.91 Å². The minimum Gasteiger partial charge on any atom is -0.378 e. The van der Waals surface area contributed by atoms with Crippen LogP contribution in [0, 0.1) is 0 Å². The molecule has 0 aliphatic carbocycles. The molecule has 0 aromatic heterocycles. The van der Waals surface area contributed by atoms with Crippen LogP contribution < -0.4 is 10.6 Å². The Morgan fingerprint density at radius 2 is 2.00 bits per heavy atom. The van der Waals surface area contributed by atoms with E-state index in [1.54, 1.807) is 12.1 Å². The molecular formula is C22H25ClN2O6S. The molecule has 8 nitrogen and oxygen atoms in total. The Kier molecular flexibility index (Phi) is 8.25. The molecule has 2 aromatic carbocycles. The Hall–Kier alpha value is -2.46. The zero-order chi connectivity index (χ0) is 23.1. The van der Waals surface area contributed by atoms with Gasteiger partial charge in [0.25, 0.3) is 5.91 Å². The maximum atomic E-state index is 12.5. The predicted molar refractivity (Wildman–Crippen MR) is 122 cm³/mol. The topological polar surface area (TPSA) is 111 Å². The van der Waals surface area contributed by atoms with Crippen LogP contribution in [-0.2, 0) is 24.1 Å². The Balaban J connectivity index is 1.52. The summed E-state index contributed by atoms with van der Waals surface area (Å²) in [5.41, 5.74) is 1.000. The number of ether oxygens (including phenoxy) is 2. The molecule has 1 saturated heterocycles. The lowest BCUT2D eigenvalue weighted by atomic mass is 10.2. The molecule has 3 rings (SSSR count). The largest absolute Gasteiger partial charge is 0.378 e. The number of halogens is 1. The van der Waals surface area contributed by atoms with Crippen molar-refractivity contribution in [3.05, 3.63) is 53.1 Å². The SMILES string of the molecule is CS(=O)(=O)c1cccc(C(=O)Nc2ccc(NC(=O)CCOCC3CCCO3)cc2Cl)c1. The summed E-state index contributed by atoms with van der Waals surface area (Å²) >= 11 is 6.25. The van der Waals surface area contributed by atoms with Crippen molar-refractivity contribution >= 4 is 44.6 Å². The molecule has 2 N–H and O–H groups in total. The fourth-order valence-electron chi connectivity index (χ4n) is 3.14. The first-order valence-electron chi connectivity index (χ1n) is 10.1. The summed E-state index contributed by atoms with van der Waals surface area (Å²) in [5.74, 6) is -0.722. The average Bonchev–Trinajstić information content (AvgIpc) is 3.26. The van der Waals surface area contributed by atoms with Crippen LogP contribution in [-0.4, -0.2) is 52.4 Å². The van der Waals surface area contributed by atoms with E-state index in [1.807, 2.05) is 0 Å². The maximum Gasteiger partial charge on any atom is 0.255 e. The Labute approximate surface area is 192 Å². The number of benzene rings is 2. The molecule has 1 heterocycles. The molecule has 2 aromatic rings. The molecule has 1 aliphatic heterocycles. The van der Waals surface area contributed by atoms with E-state index < -0.39 is 15.7 Å². The monoisotopic (exact) mass is 480 g/mol. The summed E-state index contributed by atoms with van der Waals surface area (Å²) in [6.45, 7) is 1.54. The second-order valence-corrected chi connectivity index (χ2v) is 9.88. The quantitative estimate of drug-likeness (QED) is 0.531. The summed E-state index contributed by atoms with van der Waals surface area (Å²) in [6, 6.07) is 10.4. The van der Waals surface area contributed by atoms with E-state index >= 15 is 0 Å². The van der Waals surface area contributed by atoms with Crippen LogP contribution in [0.5, 0.6) is 0 Å². The number of sulfone groups is 1. The van der Waals surface area contributed by atoms with Crippen LogP contribution in [0.2, 0.25) is 5.02 Å². The number of hydrogen-bond acceptors (Lipinski definition) is 6. The number of rotatable bonds is 9. The van der Waals surface area contributed by atoms with Gasteiger partial charge < -0.3 is 20.1 Å². The molecule has 0 bridgehead atoms. The van der Waals surface area contributed by atoms with Gasteiger partial charge in [0, 0.05) is 24.1 Å². The van der Waals surface area contributed by atoms with Crippen LogP contribution >= 0.6 is 11.6 Å². The molecule has 172 valence electrons. The fraction of sp³-hybridized carbons (Fsp3) is 0.364. The fourth-order valence-corrected chi connectivity index (χ4v) is 4.03. The van der Waals surface area contributed by atoms with Crippen molar-refractivity contribution < 1.29 is 27.5 Å². The van der Waals surface area contributed by atoms with Gasteiger partial charge in [-0.2, -0.15) is 0 Å². The summed E-state index contributed by atoms with van der Waals surface area (Å²) in [4.78, 5) is 24.6. The van der Waals surface area contributed by atoms with Gasteiger partial charge in [-0.25, -0.2) is 8.42 Å². The molecule has 0 saturated carbocycles. The Morgan fingerprint density at radius 3 is 2.69 bits per heavy atom. The summed E-state index contributed by atoms with van der Waals surface area (Å²) < 4.78 is 34.3. The first-order valence-corrected chi connectivity index (χ1v) is 12.4. The van der Waals surface area contributed by atoms with Crippen LogP contribution in [0.1, 0.15) is 29.6 Å². The number of carbonyl (C=O) groups excluding carboxylic acids is 2. The van der Waals surface area contributed by atoms with Crippen molar-refractivity contribution in [2.75, 3.05) is 36.7 Å². The molecular weight excluding hydrogens is 456 g/mol. The van der Waals surface area contributed by atoms with Crippen molar-refractivity contribution in [3.63, 3.8) is 0 Å². The second-order valence-electron chi connectivity index (χ2n) is 7.46. The summed E-state index contributed by atoms with van der Waals surface area (Å²) in [7, 11) is -3.43. The molecule has 32 heavy (non-hydrogen) atoms. The molecule has 10 heteroatoms.